The number of rotatable bonds is 5. The van der Waals surface area contributed by atoms with Crippen LogP contribution in [0, 0.1) is 0 Å². The summed E-state index contributed by atoms with van der Waals surface area (Å²) in [6.07, 6.45) is -0.603. The molecule has 0 spiro atoms. The maximum atomic E-state index is 13.6. The van der Waals surface area contributed by atoms with Crippen LogP contribution in [-0.2, 0) is 19.6 Å². The van der Waals surface area contributed by atoms with E-state index in [0.29, 0.717) is 18.7 Å². The fourth-order valence-electron chi connectivity index (χ4n) is 4.61. The number of hydrogen-bond acceptors (Lipinski definition) is 6. The van der Waals surface area contributed by atoms with Crippen LogP contribution in [0.1, 0.15) is 52.4 Å². The van der Waals surface area contributed by atoms with Crippen LogP contribution in [0.5, 0.6) is 11.5 Å². The predicted octanol–water partition coefficient (Wildman–Crippen LogP) is 3.48. The number of nitrogens with zero attached hydrogens (tertiary/aromatic N) is 4. The number of phenols is 1. The Labute approximate surface area is 207 Å². The molecule has 2 aromatic carbocycles. The third-order valence-corrected chi connectivity index (χ3v) is 6.83. The maximum absolute atomic E-state index is 13.6. The van der Waals surface area contributed by atoms with Crippen LogP contribution in [0.25, 0.3) is 0 Å². The summed E-state index contributed by atoms with van der Waals surface area (Å²) in [5.74, 6) is -0.128. The summed E-state index contributed by atoms with van der Waals surface area (Å²) in [6, 6.07) is 9.53. The van der Waals surface area contributed by atoms with Crippen LogP contribution >= 0.6 is 0 Å². The first-order chi connectivity index (χ1) is 16.6. The molecule has 2 amide bonds. The summed E-state index contributed by atoms with van der Waals surface area (Å²) in [6.45, 7) is 10.1. The van der Waals surface area contributed by atoms with Crippen LogP contribution in [0.15, 0.2) is 30.3 Å². The van der Waals surface area contributed by atoms with Crippen molar-refractivity contribution in [3.8, 4) is 11.5 Å². The quantitative estimate of drug-likeness (QED) is 0.706. The number of piperazine rings is 1. The summed E-state index contributed by atoms with van der Waals surface area (Å²) < 4.78 is 5.46. The Morgan fingerprint density at radius 2 is 1.71 bits per heavy atom. The van der Waals surface area contributed by atoms with Crippen molar-refractivity contribution < 1.29 is 19.4 Å². The Hall–Kier alpha value is -3.10. The van der Waals surface area contributed by atoms with E-state index in [1.165, 1.54) is 16.5 Å². The third-order valence-electron chi connectivity index (χ3n) is 6.83. The minimum Gasteiger partial charge on any atom is -0.508 e. The van der Waals surface area contributed by atoms with Crippen molar-refractivity contribution in [1.29, 1.82) is 0 Å². The predicted molar refractivity (Wildman–Crippen MR) is 135 cm³/mol. The Balaban J connectivity index is 1.54. The molecule has 0 aromatic heterocycles. The van der Waals surface area contributed by atoms with Gasteiger partial charge in [0.1, 0.15) is 11.5 Å². The molecule has 2 aliphatic heterocycles. The summed E-state index contributed by atoms with van der Waals surface area (Å²) in [7, 11) is 5.30. The van der Waals surface area contributed by atoms with Crippen LogP contribution in [0.3, 0.4) is 0 Å². The SMILES string of the molecule is CC(C)c1cc(C(=O)N2Cc3ccc(CN4CCN(C)CC4)cc3C2)c(OC(=O)N(C)C)cc1O. The number of carbonyl (C=O) groups excluding carboxylic acids is 2. The van der Waals surface area contributed by atoms with Gasteiger partial charge in [-0.25, -0.2) is 4.79 Å². The lowest BCUT2D eigenvalue weighted by atomic mass is 9.98. The first-order valence-corrected chi connectivity index (χ1v) is 12.2. The highest BCUT2D eigenvalue weighted by Gasteiger charge is 2.29. The average Bonchev–Trinajstić information content (AvgIpc) is 3.23. The van der Waals surface area contributed by atoms with Gasteiger partial charge in [0, 0.05) is 66.0 Å². The van der Waals surface area contributed by atoms with E-state index in [1.807, 2.05) is 13.8 Å². The fourth-order valence-corrected chi connectivity index (χ4v) is 4.61. The Morgan fingerprint density at radius 1 is 1.03 bits per heavy atom. The van der Waals surface area contributed by atoms with E-state index in [4.69, 9.17) is 4.74 Å². The van der Waals surface area contributed by atoms with Crippen LogP contribution in [0.2, 0.25) is 0 Å². The maximum Gasteiger partial charge on any atom is 0.414 e. The number of benzene rings is 2. The van der Waals surface area contributed by atoms with Crippen molar-refractivity contribution in [2.75, 3.05) is 47.3 Å². The number of carbonyl (C=O) groups is 2. The molecule has 2 aliphatic rings. The van der Waals surface area contributed by atoms with Crippen molar-refractivity contribution in [2.45, 2.75) is 39.4 Å². The van der Waals surface area contributed by atoms with Crippen molar-refractivity contribution >= 4 is 12.0 Å². The molecule has 8 nitrogen and oxygen atoms in total. The molecule has 0 radical (unpaired) electrons. The van der Waals surface area contributed by atoms with Crippen molar-refractivity contribution in [1.82, 2.24) is 19.6 Å². The highest BCUT2D eigenvalue weighted by atomic mass is 16.6. The van der Waals surface area contributed by atoms with E-state index in [2.05, 4.69) is 35.0 Å². The van der Waals surface area contributed by atoms with Gasteiger partial charge in [-0.05, 0) is 41.3 Å². The summed E-state index contributed by atoms with van der Waals surface area (Å²) in [5.41, 5.74) is 4.47. The lowest BCUT2D eigenvalue weighted by Crippen LogP contribution is -2.43. The normalized spacial score (nSPS) is 16.5. The van der Waals surface area contributed by atoms with E-state index < -0.39 is 6.09 Å². The molecule has 2 heterocycles. The first kappa shape index (κ1) is 25.0. The van der Waals surface area contributed by atoms with Gasteiger partial charge >= 0.3 is 6.09 Å². The van der Waals surface area contributed by atoms with E-state index in [1.54, 1.807) is 25.1 Å². The second-order valence-electron chi connectivity index (χ2n) is 10.2. The Morgan fingerprint density at radius 3 is 2.37 bits per heavy atom. The number of fused-ring (bicyclic) bond motifs is 1. The number of ether oxygens (including phenoxy) is 1. The molecule has 1 fully saturated rings. The van der Waals surface area contributed by atoms with Gasteiger partial charge < -0.3 is 24.5 Å². The van der Waals surface area contributed by atoms with Crippen molar-refractivity contribution in [3.05, 3.63) is 58.1 Å². The Bertz CT molecular complexity index is 1110. The summed E-state index contributed by atoms with van der Waals surface area (Å²) >= 11 is 0. The number of aromatic hydroxyl groups is 1. The van der Waals surface area contributed by atoms with Crippen LogP contribution in [-0.4, -0.2) is 84.0 Å². The summed E-state index contributed by atoms with van der Waals surface area (Å²) in [5, 5.41) is 10.5. The van der Waals surface area contributed by atoms with E-state index in [0.717, 1.165) is 43.9 Å². The molecule has 0 saturated carbocycles. The zero-order valence-electron chi connectivity index (χ0n) is 21.4. The lowest BCUT2D eigenvalue weighted by Gasteiger charge is -2.32. The standard InChI is InChI=1S/C27H36N4O4/c1-18(2)22-13-23(25(14-24(22)32)35-27(34)28(3)4)26(33)31-16-20-7-6-19(12-21(20)17-31)15-30-10-8-29(5)9-11-30/h6-7,12-14,18,32H,8-11,15-17H2,1-5H3. The highest BCUT2D eigenvalue weighted by Crippen LogP contribution is 2.35. The molecule has 0 aliphatic carbocycles. The Kier molecular flexibility index (Phi) is 7.33. The summed E-state index contributed by atoms with van der Waals surface area (Å²) in [4.78, 5) is 33.7. The number of hydrogen-bond donors (Lipinski definition) is 1. The first-order valence-electron chi connectivity index (χ1n) is 12.2. The third kappa shape index (κ3) is 5.60. The van der Waals surface area contributed by atoms with Crippen LogP contribution < -0.4 is 4.74 Å². The molecule has 1 N–H and O–H groups in total. The molecule has 35 heavy (non-hydrogen) atoms. The van der Waals surface area contributed by atoms with Gasteiger partial charge in [0.15, 0.2) is 0 Å². The lowest BCUT2D eigenvalue weighted by molar-refractivity contribution is 0.0747. The fraction of sp³-hybridized carbons (Fsp3) is 0.481. The minimum absolute atomic E-state index is 0.00746. The molecule has 188 valence electrons. The van der Waals surface area contributed by atoms with Gasteiger partial charge in [-0.3, -0.25) is 9.69 Å². The smallest absolute Gasteiger partial charge is 0.414 e. The second kappa shape index (κ2) is 10.3. The number of phenolic OH excluding ortho intramolecular Hbond substituents is 1. The molecular weight excluding hydrogens is 444 g/mol. The minimum atomic E-state index is -0.603. The molecule has 8 heteroatoms. The zero-order chi connectivity index (χ0) is 25.3. The van der Waals surface area contributed by atoms with E-state index >= 15 is 0 Å². The monoisotopic (exact) mass is 480 g/mol. The second-order valence-corrected chi connectivity index (χ2v) is 10.2. The van der Waals surface area contributed by atoms with Crippen molar-refractivity contribution in [3.63, 3.8) is 0 Å². The number of amides is 2. The van der Waals surface area contributed by atoms with Gasteiger partial charge in [0.2, 0.25) is 0 Å². The van der Waals surface area contributed by atoms with E-state index in [-0.39, 0.29) is 28.9 Å². The van der Waals surface area contributed by atoms with Gasteiger partial charge in [-0.2, -0.15) is 0 Å². The van der Waals surface area contributed by atoms with Crippen molar-refractivity contribution in [2.24, 2.45) is 0 Å². The molecular formula is C27H36N4O4. The van der Waals surface area contributed by atoms with Crippen LogP contribution in [0.4, 0.5) is 4.79 Å². The molecule has 1 saturated heterocycles. The largest absolute Gasteiger partial charge is 0.508 e. The molecule has 4 rings (SSSR count). The number of likely N-dealkylation sites (N-methyl/N-ethyl adjacent to an activating group) is 1. The van der Waals surface area contributed by atoms with Gasteiger partial charge in [-0.15, -0.1) is 0 Å². The zero-order valence-corrected chi connectivity index (χ0v) is 21.4. The topological polar surface area (TPSA) is 76.6 Å². The molecule has 2 aromatic rings. The highest BCUT2D eigenvalue weighted by molar-refractivity contribution is 5.98. The molecule has 0 unspecified atom stereocenters. The average molecular weight is 481 g/mol. The van der Waals surface area contributed by atoms with Gasteiger partial charge in [0.25, 0.3) is 5.91 Å². The van der Waals surface area contributed by atoms with Gasteiger partial charge in [-0.1, -0.05) is 32.0 Å². The molecule has 0 bridgehead atoms. The van der Waals surface area contributed by atoms with E-state index in [9.17, 15) is 14.7 Å². The van der Waals surface area contributed by atoms with Gasteiger partial charge in [0.05, 0.1) is 5.56 Å². The molecule has 0 atom stereocenters.